The first-order chi connectivity index (χ1) is 15.3. The number of carbonyl (C=O) groups is 1. The Morgan fingerprint density at radius 3 is 2.88 bits per heavy atom. The SMILES string of the molecule is CC(C)(C)OC(=O)NCc1cccc(CN2CCC[C@@H](Cc3ccc4[nH]ncc4c3)C2)c1. The summed E-state index contributed by atoms with van der Waals surface area (Å²) in [6, 6.07) is 15.1. The molecule has 4 rings (SSSR count). The molecule has 1 aliphatic heterocycles. The number of likely N-dealkylation sites (tertiary alicyclic amines) is 1. The fraction of sp³-hybridized carbons (Fsp3) is 0.462. The highest BCUT2D eigenvalue weighted by atomic mass is 16.6. The van der Waals surface area contributed by atoms with Crippen LogP contribution in [-0.4, -0.2) is 39.9 Å². The predicted octanol–water partition coefficient (Wildman–Crippen LogP) is 5.04. The summed E-state index contributed by atoms with van der Waals surface area (Å²) in [5.41, 5.74) is 4.38. The van der Waals surface area contributed by atoms with E-state index in [4.69, 9.17) is 4.74 Å². The summed E-state index contributed by atoms with van der Waals surface area (Å²) in [7, 11) is 0. The Morgan fingerprint density at radius 1 is 1.19 bits per heavy atom. The fourth-order valence-electron chi connectivity index (χ4n) is 4.50. The number of ether oxygens (including phenoxy) is 1. The first-order valence-electron chi connectivity index (χ1n) is 11.5. The third-order valence-electron chi connectivity index (χ3n) is 5.87. The van der Waals surface area contributed by atoms with E-state index < -0.39 is 5.60 Å². The van der Waals surface area contributed by atoms with Crippen LogP contribution in [0, 0.1) is 5.92 Å². The Kier molecular flexibility index (Phi) is 6.80. The number of aromatic amines is 1. The number of alkyl carbamates (subject to hydrolysis) is 1. The van der Waals surface area contributed by atoms with Gasteiger partial charge in [0.1, 0.15) is 5.60 Å². The molecule has 3 aromatic rings. The lowest BCUT2D eigenvalue weighted by Gasteiger charge is -2.33. The molecule has 1 fully saturated rings. The Morgan fingerprint density at radius 2 is 2.03 bits per heavy atom. The molecule has 0 radical (unpaired) electrons. The lowest BCUT2D eigenvalue weighted by Crippen LogP contribution is -2.35. The van der Waals surface area contributed by atoms with Crippen LogP contribution in [0.3, 0.4) is 0 Å². The Balaban J connectivity index is 1.30. The van der Waals surface area contributed by atoms with Crippen molar-refractivity contribution >= 4 is 17.0 Å². The van der Waals surface area contributed by atoms with Gasteiger partial charge in [0, 0.05) is 25.0 Å². The van der Waals surface area contributed by atoms with Crippen molar-refractivity contribution in [2.24, 2.45) is 5.92 Å². The van der Waals surface area contributed by atoms with Gasteiger partial charge in [-0.25, -0.2) is 4.79 Å². The molecule has 170 valence electrons. The van der Waals surface area contributed by atoms with Gasteiger partial charge in [0.2, 0.25) is 0 Å². The molecule has 2 aromatic carbocycles. The van der Waals surface area contributed by atoms with E-state index in [1.165, 1.54) is 29.4 Å². The largest absolute Gasteiger partial charge is 0.444 e. The highest BCUT2D eigenvalue weighted by Crippen LogP contribution is 2.24. The van der Waals surface area contributed by atoms with Gasteiger partial charge in [-0.05, 0) is 81.3 Å². The van der Waals surface area contributed by atoms with Gasteiger partial charge in [0.15, 0.2) is 0 Å². The number of nitrogens with one attached hydrogen (secondary N) is 2. The summed E-state index contributed by atoms with van der Waals surface area (Å²) in [4.78, 5) is 14.5. The summed E-state index contributed by atoms with van der Waals surface area (Å²) in [5, 5.41) is 11.2. The van der Waals surface area contributed by atoms with E-state index in [-0.39, 0.29) is 6.09 Å². The van der Waals surface area contributed by atoms with E-state index in [1.807, 2.05) is 33.0 Å². The van der Waals surface area contributed by atoms with Crippen LogP contribution in [0.4, 0.5) is 4.79 Å². The van der Waals surface area contributed by atoms with Crippen molar-refractivity contribution in [3.05, 3.63) is 65.4 Å². The van der Waals surface area contributed by atoms with E-state index in [0.717, 1.165) is 37.1 Å². The third-order valence-corrected chi connectivity index (χ3v) is 5.87. The molecule has 2 heterocycles. The second kappa shape index (κ2) is 9.74. The summed E-state index contributed by atoms with van der Waals surface area (Å²) in [6.07, 6.45) is 5.14. The fourth-order valence-corrected chi connectivity index (χ4v) is 4.50. The summed E-state index contributed by atoms with van der Waals surface area (Å²) >= 11 is 0. The van der Waals surface area contributed by atoms with Crippen molar-refractivity contribution in [1.29, 1.82) is 0 Å². The first-order valence-corrected chi connectivity index (χ1v) is 11.5. The smallest absolute Gasteiger partial charge is 0.407 e. The van der Waals surface area contributed by atoms with E-state index in [1.54, 1.807) is 0 Å². The van der Waals surface area contributed by atoms with Gasteiger partial charge in [-0.3, -0.25) is 10.00 Å². The number of nitrogens with zero attached hydrogens (tertiary/aromatic N) is 2. The normalized spacial score (nSPS) is 17.4. The topological polar surface area (TPSA) is 70.2 Å². The van der Waals surface area contributed by atoms with E-state index >= 15 is 0 Å². The lowest BCUT2D eigenvalue weighted by molar-refractivity contribution is 0.0523. The number of rotatable bonds is 6. The van der Waals surface area contributed by atoms with Crippen molar-refractivity contribution in [2.75, 3.05) is 13.1 Å². The van der Waals surface area contributed by atoms with Gasteiger partial charge < -0.3 is 10.1 Å². The van der Waals surface area contributed by atoms with Gasteiger partial charge in [0.25, 0.3) is 0 Å². The Hall–Kier alpha value is -2.86. The molecule has 0 saturated carbocycles. The molecular formula is C26H34N4O2. The number of H-pyrrole nitrogens is 1. The van der Waals surface area contributed by atoms with Crippen LogP contribution in [0.2, 0.25) is 0 Å². The average Bonchev–Trinajstić information content (AvgIpc) is 3.20. The molecule has 2 N–H and O–H groups in total. The van der Waals surface area contributed by atoms with Crippen LogP contribution < -0.4 is 5.32 Å². The molecule has 6 nitrogen and oxygen atoms in total. The van der Waals surface area contributed by atoms with E-state index in [2.05, 4.69) is 56.8 Å². The minimum absolute atomic E-state index is 0.379. The van der Waals surface area contributed by atoms with E-state index in [9.17, 15) is 4.79 Å². The molecule has 0 spiro atoms. The molecule has 1 amide bonds. The van der Waals surface area contributed by atoms with Crippen LogP contribution in [0.1, 0.15) is 50.3 Å². The van der Waals surface area contributed by atoms with Crippen molar-refractivity contribution in [3.8, 4) is 0 Å². The van der Waals surface area contributed by atoms with Crippen LogP contribution >= 0.6 is 0 Å². The summed E-state index contributed by atoms with van der Waals surface area (Å²) in [5.74, 6) is 0.671. The molecule has 0 unspecified atom stereocenters. The molecule has 0 aliphatic carbocycles. The second-order valence-electron chi connectivity index (χ2n) is 9.91. The quantitative estimate of drug-likeness (QED) is 0.570. The monoisotopic (exact) mass is 434 g/mol. The third kappa shape index (κ3) is 6.33. The molecular weight excluding hydrogens is 400 g/mol. The first kappa shape index (κ1) is 22.3. The maximum Gasteiger partial charge on any atom is 0.407 e. The highest BCUT2D eigenvalue weighted by molar-refractivity contribution is 5.78. The number of carbonyl (C=O) groups excluding carboxylic acids is 1. The van der Waals surface area contributed by atoms with Crippen molar-refractivity contribution in [3.63, 3.8) is 0 Å². The number of aromatic nitrogens is 2. The second-order valence-corrected chi connectivity index (χ2v) is 9.91. The number of fused-ring (bicyclic) bond motifs is 1. The van der Waals surface area contributed by atoms with Gasteiger partial charge >= 0.3 is 6.09 Å². The van der Waals surface area contributed by atoms with Crippen LogP contribution in [0.25, 0.3) is 10.9 Å². The molecule has 0 bridgehead atoms. The predicted molar refractivity (Wildman–Crippen MR) is 127 cm³/mol. The summed E-state index contributed by atoms with van der Waals surface area (Å²) < 4.78 is 5.33. The van der Waals surface area contributed by atoms with Gasteiger partial charge in [-0.2, -0.15) is 5.10 Å². The molecule has 1 saturated heterocycles. The molecule has 32 heavy (non-hydrogen) atoms. The van der Waals surface area contributed by atoms with Gasteiger partial charge in [0.05, 0.1) is 11.7 Å². The van der Waals surface area contributed by atoms with E-state index in [0.29, 0.717) is 12.5 Å². The average molecular weight is 435 g/mol. The number of benzene rings is 2. The van der Waals surface area contributed by atoms with Crippen LogP contribution in [0.15, 0.2) is 48.7 Å². The summed E-state index contributed by atoms with van der Waals surface area (Å²) in [6.45, 7) is 9.28. The van der Waals surface area contributed by atoms with Crippen molar-refractivity contribution in [1.82, 2.24) is 20.4 Å². The maximum atomic E-state index is 11.9. The number of hydrogen-bond acceptors (Lipinski definition) is 4. The van der Waals surface area contributed by atoms with Crippen molar-refractivity contribution in [2.45, 2.75) is 58.7 Å². The zero-order valence-electron chi connectivity index (χ0n) is 19.4. The van der Waals surface area contributed by atoms with Gasteiger partial charge in [-0.15, -0.1) is 0 Å². The molecule has 1 aliphatic rings. The highest BCUT2D eigenvalue weighted by Gasteiger charge is 2.21. The van der Waals surface area contributed by atoms with Gasteiger partial charge in [-0.1, -0.05) is 30.3 Å². The molecule has 1 atom stereocenters. The van der Waals surface area contributed by atoms with Crippen LogP contribution in [-0.2, 0) is 24.2 Å². The number of hydrogen-bond donors (Lipinski definition) is 2. The van der Waals surface area contributed by atoms with Crippen molar-refractivity contribution < 1.29 is 9.53 Å². The zero-order valence-corrected chi connectivity index (χ0v) is 19.4. The standard InChI is InChI=1S/C26H34N4O2/c1-26(2,3)32-25(31)27-15-20-6-4-7-21(13-20)17-30-11-5-8-22(18-30)12-19-9-10-24-23(14-19)16-28-29-24/h4,6-7,9-10,13-14,16,22H,5,8,11-12,15,17-18H2,1-3H3,(H,27,31)(H,28,29)/t22-/m0/s1. The maximum absolute atomic E-state index is 11.9. The minimum atomic E-state index is -0.485. The zero-order chi connectivity index (χ0) is 22.6. The Bertz CT molecular complexity index is 1050. The number of amides is 1. The Labute approximate surface area is 190 Å². The minimum Gasteiger partial charge on any atom is -0.444 e. The lowest BCUT2D eigenvalue weighted by atomic mass is 9.90. The van der Waals surface area contributed by atoms with Crippen LogP contribution in [0.5, 0.6) is 0 Å². The number of piperidine rings is 1. The molecule has 1 aromatic heterocycles. The molecule has 6 heteroatoms.